The number of likely N-dealkylation sites (N-methyl/N-ethyl adjacent to an activating group) is 1. The second kappa shape index (κ2) is 7.61. The Kier molecular flexibility index (Phi) is 5.29. The maximum absolute atomic E-state index is 13.4. The number of anilines is 1. The Labute approximate surface area is 167 Å². The fraction of sp³-hybridized carbons (Fsp3) is 0.455. The molecule has 29 heavy (non-hydrogen) atoms. The summed E-state index contributed by atoms with van der Waals surface area (Å²) in [6, 6.07) is 9.90. The largest absolute Gasteiger partial charge is 0.416 e. The lowest BCUT2D eigenvalue weighted by Gasteiger charge is -2.46. The van der Waals surface area contributed by atoms with E-state index in [1.807, 2.05) is 19.0 Å². The monoisotopic (exact) mass is 408 g/mol. The van der Waals surface area contributed by atoms with Crippen LogP contribution in [0.15, 0.2) is 42.5 Å². The van der Waals surface area contributed by atoms with Gasteiger partial charge in [-0.2, -0.15) is 13.2 Å². The number of nitrogens with zero attached hydrogens (tertiary/aromatic N) is 1. The molecular weight excluding hydrogens is 384 g/mol. The summed E-state index contributed by atoms with van der Waals surface area (Å²) < 4.78 is 59.7. The van der Waals surface area contributed by atoms with Crippen LogP contribution in [0.1, 0.15) is 41.7 Å². The van der Waals surface area contributed by atoms with E-state index in [-0.39, 0.29) is 23.9 Å². The number of ether oxygens (including phenoxy) is 1. The molecule has 2 aliphatic rings. The molecule has 0 radical (unpaired) electrons. The molecule has 156 valence electrons. The van der Waals surface area contributed by atoms with Crippen LogP contribution in [0.25, 0.3) is 0 Å². The van der Waals surface area contributed by atoms with Gasteiger partial charge in [0.1, 0.15) is 5.82 Å². The Morgan fingerprint density at radius 2 is 1.79 bits per heavy atom. The van der Waals surface area contributed by atoms with E-state index in [1.165, 1.54) is 24.3 Å². The third-order valence-corrected chi connectivity index (χ3v) is 5.77. The smallest absolute Gasteiger partial charge is 0.378 e. The first-order valence-corrected chi connectivity index (χ1v) is 9.75. The quantitative estimate of drug-likeness (QED) is 0.688. The number of hydrogen-bond donors (Lipinski definition) is 1. The summed E-state index contributed by atoms with van der Waals surface area (Å²) in [7, 11) is 3.91. The lowest BCUT2D eigenvalue weighted by atomic mass is 9.76. The van der Waals surface area contributed by atoms with Crippen LogP contribution >= 0.6 is 0 Å². The fourth-order valence-corrected chi connectivity index (χ4v) is 4.47. The lowest BCUT2D eigenvalue weighted by Crippen LogP contribution is -2.42. The van der Waals surface area contributed by atoms with Gasteiger partial charge in [-0.3, -0.25) is 0 Å². The molecule has 2 aromatic carbocycles. The molecule has 0 spiro atoms. The van der Waals surface area contributed by atoms with Gasteiger partial charge in [0, 0.05) is 23.7 Å². The van der Waals surface area contributed by atoms with Crippen LogP contribution in [0, 0.1) is 11.7 Å². The van der Waals surface area contributed by atoms with Gasteiger partial charge < -0.3 is 15.0 Å². The minimum absolute atomic E-state index is 0.0325. The van der Waals surface area contributed by atoms with Crippen molar-refractivity contribution < 1.29 is 22.3 Å². The molecule has 4 rings (SSSR count). The van der Waals surface area contributed by atoms with Gasteiger partial charge in [0.2, 0.25) is 0 Å². The molecule has 7 heteroatoms. The molecule has 2 heterocycles. The van der Waals surface area contributed by atoms with Crippen LogP contribution in [0.4, 0.5) is 23.2 Å². The molecule has 0 aromatic heterocycles. The van der Waals surface area contributed by atoms with Gasteiger partial charge in [0.25, 0.3) is 0 Å². The number of rotatable bonds is 3. The number of alkyl halides is 3. The average Bonchev–Trinajstić information content (AvgIpc) is 2.66. The Balaban J connectivity index is 1.73. The first-order chi connectivity index (χ1) is 13.7. The number of benzene rings is 2. The highest BCUT2D eigenvalue weighted by atomic mass is 19.4. The van der Waals surface area contributed by atoms with Crippen LogP contribution < -0.4 is 5.32 Å². The number of nitrogens with one attached hydrogen (secondary N) is 1. The van der Waals surface area contributed by atoms with Gasteiger partial charge in [-0.15, -0.1) is 0 Å². The van der Waals surface area contributed by atoms with E-state index < -0.39 is 17.8 Å². The van der Waals surface area contributed by atoms with E-state index in [0.29, 0.717) is 17.8 Å². The van der Waals surface area contributed by atoms with Crippen molar-refractivity contribution in [2.24, 2.45) is 5.92 Å². The van der Waals surface area contributed by atoms with E-state index in [1.54, 1.807) is 12.1 Å². The second-order valence-corrected chi connectivity index (χ2v) is 8.16. The summed E-state index contributed by atoms with van der Waals surface area (Å²) in [5.74, 6) is -0.350. The van der Waals surface area contributed by atoms with Crippen LogP contribution in [-0.2, 0) is 10.9 Å². The SMILES string of the molecule is CN(C)C[C@H]1CC[C@@H]2[C@H](O1)c1cc(C(F)(F)F)ccc1N[C@H]2c1ccc(F)cc1. The van der Waals surface area contributed by atoms with Crippen LogP contribution in [-0.4, -0.2) is 31.6 Å². The molecule has 1 fully saturated rings. The zero-order chi connectivity index (χ0) is 20.8. The molecule has 0 aliphatic carbocycles. The highest BCUT2D eigenvalue weighted by Crippen LogP contribution is 2.51. The van der Waals surface area contributed by atoms with Gasteiger partial charge in [-0.1, -0.05) is 12.1 Å². The van der Waals surface area contributed by atoms with Crippen molar-refractivity contribution in [3.05, 3.63) is 65.0 Å². The van der Waals surface area contributed by atoms with Gasteiger partial charge in [0.15, 0.2) is 0 Å². The van der Waals surface area contributed by atoms with E-state index in [4.69, 9.17) is 4.74 Å². The minimum atomic E-state index is -4.41. The molecule has 3 nitrogen and oxygen atoms in total. The number of halogens is 4. The van der Waals surface area contributed by atoms with Gasteiger partial charge in [-0.25, -0.2) is 4.39 Å². The lowest BCUT2D eigenvalue weighted by molar-refractivity contribution is -0.138. The highest BCUT2D eigenvalue weighted by molar-refractivity contribution is 5.58. The van der Waals surface area contributed by atoms with Crippen LogP contribution in [0.3, 0.4) is 0 Å². The van der Waals surface area contributed by atoms with Gasteiger partial charge in [0.05, 0.1) is 23.8 Å². The fourth-order valence-electron chi connectivity index (χ4n) is 4.47. The van der Waals surface area contributed by atoms with Crippen molar-refractivity contribution in [1.82, 2.24) is 4.90 Å². The average molecular weight is 408 g/mol. The predicted molar refractivity (Wildman–Crippen MR) is 103 cm³/mol. The Hall–Kier alpha value is -2.12. The molecule has 4 atom stereocenters. The van der Waals surface area contributed by atoms with Crippen LogP contribution in [0.5, 0.6) is 0 Å². The maximum Gasteiger partial charge on any atom is 0.416 e. The molecule has 0 bridgehead atoms. The summed E-state index contributed by atoms with van der Waals surface area (Å²) in [5.41, 5.74) is 1.42. The van der Waals surface area contributed by atoms with Gasteiger partial charge in [-0.05, 0) is 62.8 Å². The number of hydrogen-bond acceptors (Lipinski definition) is 3. The molecule has 1 N–H and O–H groups in total. The third-order valence-electron chi connectivity index (χ3n) is 5.77. The van der Waals surface area contributed by atoms with E-state index in [9.17, 15) is 17.6 Å². The maximum atomic E-state index is 13.4. The van der Waals surface area contributed by atoms with Crippen molar-refractivity contribution in [2.75, 3.05) is 26.0 Å². The zero-order valence-corrected chi connectivity index (χ0v) is 16.3. The summed E-state index contributed by atoms with van der Waals surface area (Å²) in [5, 5.41) is 3.39. The predicted octanol–water partition coefficient (Wildman–Crippen LogP) is 5.41. The molecular formula is C22H24F4N2O. The van der Waals surface area contributed by atoms with Crippen molar-refractivity contribution in [2.45, 2.75) is 37.3 Å². The van der Waals surface area contributed by atoms with Crippen molar-refractivity contribution >= 4 is 5.69 Å². The number of fused-ring (bicyclic) bond motifs is 3. The highest BCUT2D eigenvalue weighted by Gasteiger charge is 2.43. The van der Waals surface area contributed by atoms with E-state index in [0.717, 1.165) is 24.5 Å². The molecule has 0 saturated carbocycles. The molecule has 0 amide bonds. The first-order valence-electron chi connectivity index (χ1n) is 9.75. The minimum Gasteiger partial charge on any atom is -0.378 e. The molecule has 0 unspecified atom stereocenters. The topological polar surface area (TPSA) is 24.5 Å². The van der Waals surface area contributed by atoms with E-state index >= 15 is 0 Å². The Morgan fingerprint density at radius 1 is 1.07 bits per heavy atom. The standard InChI is InChI=1S/C22H24F4N2O/c1-28(2)12-16-8-9-17-20(13-3-6-15(23)7-4-13)27-19-10-5-14(22(24,25)26)11-18(19)21(17)29-16/h3-7,10-11,16-17,20-21,27H,8-9,12H2,1-2H3/t16-,17+,20+,21+/m1/s1. The Bertz CT molecular complexity index is 866. The molecule has 2 aliphatic heterocycles. The normalized spacial score (nSPS) is 26.6. The summed E-state index contributed by atoms with van der Waals surface area (Å²) in [6.45, 7) is 0.714. The molecule has 1 saturated heterocycles. The summed E-state index contributed by atoms with van der Waals surface area (Å²) >= 11 is 0. The van der Waals surface area contributed by atoms with Crippen molar-refractivity contribution in [1.29, 1.82) is 0 Å². The summed E-state index contributed by atoms with van der Waals surface area (Å²) in [6.07, 6.45) is -3.25. The zero-order valence-electron chi connectivity index (χ0n) is 16.3. The Morgan fingerprint density at radius 3 is 2.45 bits per heavy atom. The molecule has 2 aromatic rings. The van der Waals surface area contributed by atoms with Crippen molar-refractivity contribution in [3.8, 4) is 0 Å². The van der Waals surface area contributed by atoms with E-state index in [2.05, 4.69) is 5.32 Å². The summed E-state index contributed by atoms with van der Waals surface area (Å²) in [4.78, 5) is 2.02. The third kappa shape index (κ3) is 4.12. The van der Waals surface area contributed by atoms with Crippen molar-refractivity contribution in [3.63, 3.8) is 0 Å². The van der Waals surface area contributed by atoms with Gasteiger partial charge >= 0.3 is 6.18 Å². The second-order valence-electron chi connectivity index (χ2n) is 8.16. The van der Waals surface area contributed by atoms with Crippen LogP contribution in [0.2, 0.25) is 0 Å². The first kappa shape index (κ1) is 20.2.